The van der Waals surface area contributed by atoms with Crippen LogP contribution >= 0.6 is 0 Å². The van der Waals surface area contributed by atoms with Crippen molar-refractivity contribution in [2.24, 2.45) is 0 Å². The van der Waals surface area contributed by atoms with Gasteiger partial charge in [-0.15, -0.1) is 0 Å². The van der Waals surface area contributed by atoms with Crippen LogP contribution in [0.2, 0.25) is 0 Å². The molecule has 0 bridgehead atoms. The molecule has 2 amide bonds. The average Bonchev–Trinajstić information content (AvgIpc) is 3.03. The number of sulfonamides is 1. The highest BCUT2D eigenvalue weighted by Gasteiger charge is 2.30. The molecule has 2 aromatic heterocycles. The highest BCUT2D eigenvalue weighted by molar-refractivity contribution is 7.90. The standard InChI is InChI=1S/C14H18N6O7S/c1-5-27-12(21)10-7(2)18-19-11(10)28(23,24)20-14(22)17-13-15-8(25-3)6-9(16-13)26-4/h6H,5H2,1-4H3,(H,18,19)(H2,15,16,17,20,22). The number of aromatic nitrogens is 4. The molecule has 0 unspecified atom stereocenters. The Morgan fingerprint density at radius 3 is 2.32 bits per heavy atom. The van der Waals surface area contributed by atoms with Crippen LogP contribution in [-0.2, 0) is 14.8 Å². The molecular weight excluding hydrogens is 396 g/mol. The number of carbonyl (C=O) groups excluding carboxylic acids is 2. The number of H-pyrrole nitrogens is 1. The van der Waals surface area contributed by atoms with E-state index in [0.29, 0.717) is 0 Å². The molecule has 0 radical (unpaired) electrons. The van der Waals surface area contributed by atoms with Crippen molar-refractivity contribution in [2.75, 3.05) is 26.1 Å². The maximum Gasteiger partial charge on any atom is 0.343 e. The van der Waals surface area contributed by atoms with E-state index >= 15 is 0 Å². The zero-order valence-corrected chi connectivity index (χ0v) is 16.2. The fourth-order valence-corrected chi connectivity index (χ4v) is 3.08. The van der Waals surface area contributed by atoms with Gasteiger partial charge in [-0.3, -0.25) is 10.4 Å². The summed E-state index contributed by atoms with van der Waals surface area (Å²) in [6.07, 6.45) is 0. The summed E-state index contributed by atoms with van der Waals surface area (Å²) in [6, 6.07) is 0.177. The molecular formula is C14H18N6O7S. The lowest BCUT2D eigenvalue weighted by molar-refractivity contribution is 0.0521. The fraction of sp³-hybridized carbons (Fsp3) is 0.357. The number of ether oxygens (including phenoxy) is 3. The summed E-state index contributed by atoms with van der Waals surface area (Å²) in [6.45, 7) is 3.01. The zero-order chi connectivity index (χ0) is 20.9. The van der Waals surface area contributed by atoms with Crippen molar-refractivity contribution >= 4 is 28.0 Å². The van der Waals surface area contributed by atoms with Crippen LogP contribution in [0.3, 0.4) is 0 Å². The van der Waals surface area contributed by atoms with Gasteiger partial charge in [0, 0.05) is 0 Å². The Morgan fingerprint density at radius 2 is 1.79 bits per heavy atom. The van der Waals surface area contributed by atoms with Gasteiger partial charge in [0.2, 0.25) is 17.7 Å². The third-order valence-electron chi connectivity index (χ3n) is 3.21. The first kappa shape index (κ1) is 20.9. The van der Waals surface area contributed by atoms with Gasteiger partial charge in [0.05, 0.1) is 32.6 Å². The van der Waals surface area contributed by atoms with Crippen molar-refractivity contribution in [3.63, 3.8) is 0 Å². The van der Waals surface area contributed by atoms with E-state index in [9.17, 15) is 18.0 Å². The van der Waals surface area contributed by atoms with Crippen LogP contribution in [0.1, 0.15) is 23.0 Å². The van der Waals surface area contributed by atoms with Gasteiger partial charge < -0.3 is 14.2 Å². The van der Waals surface area contributed by atoms with Crippen molar-refractivity contribution in [1.29, 1.82) is 0 Å². The van der Waals surface area contributed by atoms with E-state index in [0.717, 1.165) is 0 Å². The smallest absolute Gasteiger partial charge is 0.343 e. The topological polar surface area (TPSA) is 174 Å². The molecule has 28 heavy (non-hydrogen) atoms. The number of carbonyl (C=O) groups is 2. The lowest BCUT2D eigenvalue weighted by atomic mass is 10.3. The second kappa shape index (κ2) is 8.51. The quantitative estimate of drug-likeness (QED) is 0.531. The van der Waals surface area contributed by atoms with E-state index in [2.05, 4.69) is 25.5 Å². The molecule has 0 atom stereocenters. The van der Waals surface area contributed by atoms with E-state index < -0.39 is 27.0 Å². The van der Waals surface area contributed by atoms with Crippen molar-refractivity contribution in [3.05, 3.63) is 17.3 Å². The molecule has 152 valence electrons. The minimum Gasteiger partial charge on any atom is -0.481 e. The van der Waals surface area contributed by atoms with Crippen molar-refractivity contribution in [1.82, 2.24) is 24.9 Å². The normalized spacial score (nSPS) is 10.9. The Hall–Kier alpha value is -3.42. The Bertz CT molecular complexity index is 966. The SMILES string of the molecule is CCOC(=O)c1c(C)n[nH]c1S(=O)(=O)NC(=O)Nc1nc(OC)cc(OC)n1. The van der Waals surface area contributed by atoms with Gasteiger partial charge in [0.15, 0.2) is 5.03 Å². The average molecular weight is 414 g/mol. The number of hydrogen-bond acceptors (Lipinski definition) is 10. The number of amides is 2. The summed E-state index contributed by atoms with van der Waals surface area (Å²) in [5, 5.41) is 7.42. The number of nitrogens with zero attached hydrogens (tertiary/aromatic N) is 3. The molecule has 0 saturated carbocycles. The second-order valence-electron chi connectivity index (χ2n) is 5.07. The predicted molar refractivity (Wildman–Crippen MR) is 93.8 cm³/mol. The third kappa shape index (κ3) is 4.64. The maximum absolute atomic E-state index is 12.5. The monoisotopic (exact) mass is 414 g/mol. The van der Waals surface area contributed by atoms with Crippen LogP contribution in [-0.4, -0.2) is 61.4 Å². The molecule has 0 aliphatic heterocycles. The van der Waals surface area contributed by atoms with Gasteiger partial charge in [-0.2, -0.15) is 23.5 Å². The molecule has 0 aliphatic carbocycles. The van der Waals surface area contributed by atoms with E-state index in [1.165, 1.54) is 27.2 Å². The van der Waals surface area contributed by atoms with Gasteiger partial charge in [0.1, 0.15) is 5.56 Å². The Morgan fingerprint density at radius 1 is 1.18 bits per heavy atom. The molecule has 0 spiro atoms. The number of hydrogen-bond donors (Lipinski definition) is 3. The van der Waals surface area contributed by atoms with E-state index in [4.69, 9.17) is 14.2 Å². The Labute approximate surface area is 159 Å². The van der Waals surface area contributed by atoms with Gasteiger partial charge in [-0.1, -0.05) is 0 Å². The van der Waals surface area contributed by atoms with Crippen molar-refractivity contribution < 1.29 is 32.2 Å². The Balaban J connectivity index is 2.24. The minimum absolute atomic E-state index is 0.0336. The molecule has 2 heterocycles. The minimum atomic E-state index is -4.48. The fourth-order valence-electron chi connectivity index (χ4n) is 2.02. The van der Waals surface area contributed by atoms with Gasteiger partial charge in [0.25, 0.3) is 10.0 Å². The molecule has 0 aliphatic rings. The Kier molecular flexibility index (Phi) is 6.35. The third-order valence-corrected chi connectivity index (χ3v) is 4.50. The highest BCUT2D eigenvalue weighted by atomic mass is 32.2. The van der Waals surface area contributed by atoms with Crippen LogP contribution in [0.5, 0.6) is 11.8 Å². The molecule has 0 fully saturated rings. The molecule has 2 rings (SSSR count). The second-order valence-corrected chi connectivity index (χ2v) is 6.69. The molecule has 0 aromatic carbocycles. The largest absolute Gasteiger partial charge is 0.481 e. The summed E-state index contributed by atoms with van der Waals surface area (Å²) >= 11 is 0. The molecule has 0 saturated heterocycles. The number of rotatable bonds is 7. The molecule has 14 heteroatoms. The van der Waals surface area contributed by atoms with Crippen molar-refractivity contribution in [2.45, 2.75) is 18.9 Å². The number of methoxy groups -OCH3 is 2. The maximum atomic E-state index is 12.5. The van der Waals surface area contributed by atoms with Crippen LogP contribution < -0.4 is 19.5 Å². The number of esters is 1. The van der Waals surface area contributed by atoms with E-state index in [1.807, 2.05) is 0 Å². The van der Waals surface area contributed by atoms with Crippen LogP contribution in [0, 0.1) is 6.92 Å². The first-order chi connectivity index (χ1) is 13.2. The molecule has 2 aromatic rings. The summed E-state index contributed by atoms with van der Waals surface area (Å²) in [4.78, 5) is 31.8. The summed E-state index contributed by atoms with van der Waals surface area (Å²) in [5.41, 5.74) is -0.207. The summed E-state index contributed by atoms with van der Waals surface area (Å²) in [5.74, 6) is -0.997. The van der Waals surface area contributed by atoms with Crippen LogP contribution in [0.25, 0.3) is 0 Å². The molecule has 13 nitrogen and oxygen atoms in total. The van der Waals surface area contributed by atoms with Crippen LogP contribution in [0.15, 0.2) is 11.1 Å². The number of nitrogens with one attached hydrogen (secondary N) is 3. The zero-order valence-electron chi connectivity index (χ0n) is 15.4. The predicted octanol–water partition coefficient (Wildman–Crippen LogP) is 0.212. The van der Waals surface area contributed by atoms with E-state index in [-0.39, 0.29) is 35.6 Å². The van der Waals surface area contributed by atoms with Gasteiger partial charge >= 0.3 is 12.0 Å². The summed E-state index contributed by atoms with van der Waals surface area (Å²) in [7, 11) is -1.80. The molecule has 3 N–H and O–H groups in total. The number of aryl methyl sites for hydroxylation is 1. The van der Waals surface area contributed by atoms with Gasteiger partial charge in [-0.25, -0.2) is 14.3 Å². The first-order valence-electron chi connectivity index (χ1n) is 7.74. The lowest BCUT2D eigenvalue weighted by Crippen LogP contribution is -2.36. The van der Waals surface area contributed by atoms with Crippen LogP contribution in [0.4, 0.5) is 10.7 Å². The number of aromatic amines is 1. The summed E-state index contributed by atoms with van der Waals surface area (Å²) < 4.78 is 41.4. The lowest BCUT2D eigenvalue weighted by Gasteiger charge is -2.09. The van der Waals surface area contributed by atoms with Gasteiger partial charge in [-0.05, 0) is 13.8 Å². The number of anilines is 1. The number of urea groups is 1. The first-order valence-corrected chi connectivity index (χ1v) is 9.23. The van der Waals surface area contributed by atoms with E-state index in [1.54, 1.807) is 11.6 Å². The van der Waals surface area contributed by atoms with Crippen molar-refractivity contribution in [3.8, 4) is 11.8 Å². The highest BCUT2D eigenvalue weighted by Crippen LogP contribution is 2.19.